The van der Waals surface area contributed by atoms with Crippen LogP contribution < -0.4 is 0 Å². The summed E-state index contributed by atoms with van der Waals surface area (Å²) in [5.74, 6) is 0.814. The van der Waals surface area contributed by atoms with Crippen molar-refractivity contribution in [1.29, 1.82) is 0 Å². The van der Waals surface area contributed by atoms with Crippen LogP contribution in [0.1, 0.15) is 304 Å². The highest BCUT2D eigenvalue weighted by atomic mass is 16.5. The van der Waals surface area contributed by atoms with Gasteiger partial charge in [0.15, 0.2) is 0 Å². The molecule has 4 nitrogen and oxygen atoms in total. The van der Waals surface area contributed by atoms with Gasteiger partial charge >= 0.3 is 11.9 Å². The second kappa shape index (κ2) is 52.0. The summed E-state index contributed by atoms with van der Waals surface area (Å²) in [5, 5.41) is 0. The predicted octanol–water partition coefficient (Wildman–Crippen LogP) is 18.2. The zero-order valence-electron chi connectivity index (χ0n) is 39.3. The van der Waals surface area contributed by atoms with E-state index in [2.05, 4.69) is 34.6 Å². The van der Waals surface area contributed by atoms with Gasteiger partial charge in [0.2, 0.25) is 0 Å². The molecule has 0 spiro atoms. The van der Waals surface area contributed by atoms with Crippen molar-refractivity contribution in [2.45, 2.75) is 304 Å². The lowest BCUT2D eigenvalue weighted by atomic mass is 10.0. The Morgan fingerprint density at radius 2 is 0.518 bits per heavy atom. The van der Waals surface area contributed by atoms with Gasteiger partial charge in [-0.1, -0.05) is 266 Å². The number of unbranched alkanes of at least 4 members (excludes halogenated alkanes) is 35. The lowest BCUT2D eigenvalue weighted by Crippen LogP contribution is -2.05. The van der Waals surface area contributed by atoms with Gasteiger partial charge in [-0.2, -0.15) is 0 Å². The second-order valence-corrected chi connectivity index (χ2v) is 17.9. The van der Waals surface area contributed by atoms with Crippen molar-refractivity contribution in [2.75, 3.05) is 13.2 Å². The molecule has 0 rings (SSSR count). The maximum atomic E-state index is 11.7. The molecular weight excluding hydrogens is 689 g/mol. The molecule has 336 valence electrons. The second-order valence-electron chi connectivity index (χ2n) is 17.9. The Hall–Kier alpha value is -1.06. The molecule has 0 aromatic rings. The van der Waals surface area contributed by atoms with Crippen molar-refractivity contribution in [3.63, 3.8) is 0 Å². The van der Waals surface area contributed by atoms with E-state index in [0.717, 1.165) is 31.6 Å². The third-order valence-corrected chi connectivity index (χ3v) is 11.4. The van der Waals surface area contributed by atoms with Crippen LogP contribution in [0.5, 0.6) is 0 Å². The molecule has 0 radical (unpaired) electrons. The van der Waals surface area contributed by atoms with Gasteiger partial charge in [-0.15, -0.1) is 0 Å². The number of ether oxygens (including phenoxy) is 2. The first kappa shape index (κ1) is 57.0. The van der Waals surface area contributed by atoms with E-state index in [4.69, 9.17) is 9.47 Å². The molecule has 0 aliphatic carbocycles. The Morgan fingerprint density at radius 1 is 0.304 bits per heavy atom. The smallest absolute Gasteiger partial charge is 0.305 e. The topological polar surface area (TPSA) is 52.6 Å². The van der Waals surface area contributed by atoms with Crippen LogP contribution in [0.2, 0.25) is 0 Å². The minimum atomic E-state index is 0.0125. The highest BCUT2D eigenvalue weighted by molar-refractivity contribution is 5.69. The Kier molecular flexibility index (Phi) is 52.9. The first-order valence-corrected chi connectivity index (χ1v) is 25.8. The average molecular weight is 793 g/mol. The lowest BCUT2D eigenvalue weighted by Gasteiger charge is -2.06. The minimum Gasteiger partial charge on any atom is -0.466 e. The van der Waals surface area contributed by atoms with Crippen molar-refractivity contribution in [3.8, 4) is 0 Å². The summed E-state index contributed by atoms with van der Waals surface area (Å²) < 4.78 is 10.7. The molecule has 0 aromatic carbocycles. The Balaban J connectivity index is 0. The van der Waals surface area contributed by atoms with Crippen LogP contribution in [0.25, 0.3) is 0 Å². The van der Waals surface area contributed by atoms with Gasteiger partial charge < -0.3 is 9.47 Å². The number of esters is 2. The van der Waals surface area contributed by atoms with Crippen molar-refractivity contribution in [1.82, 2.24) is 0 Å². The van der Waals surface area contributed by atoms with Crippen LogP contribution >= 0.6 is 0 Å². The van der Waals surface area contributed by atoms with Gasteiger partial charge in [-0.05, 0) is 31.6 Å². The van der Waals surface area contributed by atoms with Crippen molar-refractivity contribution in [2.24, 2.45) is 5.92 Å². The van der Waals surface area contributed by atoms with E-state index < -0.39 is 0 Å². The summed E-state index contributed by atoms with van der Waals surface area (Å²) in [6, 6.07) is 0. The van der Waals surface area contributed by atoms with Gasteiger partial charge in [0.05, 0.1) is 13.2 Å². The number of hydrogen-bond donors (Lipinski definition) is 0. The first-order valence-electron chi connectivity index (χ1n) is 25.8. The highest BCUT2D eigenvalue weighted by Gasteiger charge is 2.04. The largest absolute Gasteiger partial charge is 0.466 e. The van der Waals surface area contributed by atoms with Crippen molar-refractivity contribution < 1.29 is 19.1 Å². The third-order valence-electron chi connectivity index (χ3n) is 11.4. The number of carbonyl (C=O) groups excluding carboxylic acids is 2. The summed E-state index contributed by atoms with van der Waals surface area (Å²) in [6.45, 7) is 12.6. The zero-order valence-corrected chi connectivity index (χ0v) is 39.3. The van der Waals surface area contributed by atoms with Crippen LogP contribution in [0, 0.1) is 5.92 Å². The lowest BCUT2D eigenvalue weighted by molar-refractivity contribution is -0.144. The molecule has 0 N–H and O–H groups in total. The van der Waals surface area contributed by atoms with E-state index in [9.17, 15) is 9.59 Å². The maximum absolute atomic E-state index is 11.7. The van der Waals surface area contributed by atoms with E-state index in [1.54, 1.807) is 0 Å². The first-order chi connectivity index (χ1) is 27.5. The van der Waals surface area contributed by atoms with E-state index in [1.165, 1.54) is 231 Å². The highest BCUT2D eigenvalue weighted by Crippen LogP contribution is 2.16. The third kappa shape index (κ3) is 55.0. The van der Waals surface area contributed by atoms with Crippen LogP contribution in [-0.4, -0.2) is 25.2 Å². The van der Waals surface area contributed by atoms with Gasteiger partial charge in [0, 0.05) is 12.8 Å². The summed E-state index contributed by atoms with van der Waals surface area (Å²) >= 11 is 0. The van der Waals surface area contributed by atoms with Crippen LogP contribution in [-0.2, 0) is 19.1 Å². The molecule has 0 unspecified atom stereocenters. The summed E-state index contributed by atoms with van der Waals surface area (Å²) in [7, 11) is 0. The molecule has 0 aliphatic rings. The van der Waals surface area contributed by atoms with E-state index in [0.29, 0.717) is 26.1 Å². The number of rotatable bonds is 45. The molecule has 0 bridgehead atoms. The summed E-state index contributed by atoms with van der Waals surface area (Å²) in [6.07, 6.45) is 54.2. The van der Waals surface area contributed by atoms with Gasteiger partial charge in [-0.25, -0.2) is 0 Å². The fourth-order valence-corrected chi connectivity index (χ4v) is 7.51. The Labute approximate surface area is 353 Å². The molecule has 56 heavy (non-hydrogen) atoms. The molecular formula is C52H104O4. The zero-order chi connectivity index (χ0) is 41.3. The molecule has 0 saturated heterocycles. The van der Waals surface area contributed by atoms with E-state index >= 15 is 0 Å². The summed E-state index contributed by atoms with van der Waals surface area (Å²) in [5.41, 5.74) is 0. The quantitative estimate of drug-likeness (QED) is 0.0455. The van der Waals surface area contributed by atoms with Crippen molar-refractivity contribution in [3.05, 3.63) is 0 Å². The number of hydrogen-bond acceptors (Lipinski definition) is 4. The SMILES string of the molecule is CCCCCCCCCCCCCCCCCC(=O)OCCCCCC(C)C.CCCCCCCCCCCCCCCCCC(=O)OCCCCCCCC. The number of carbonyl (C=O) groups is 2. The van der Waals surface area contributed by atoms with E-state index in [-0.39, 0.29) is 11.9 Å². The molecule has 0 fully saturated rings. The maximum Gasteiger partial charge on any atom is 0.305 e. The Morgan fingerprint density at radius 3 is 0.768 bits per heavy atom. The van der Waals surface area contributed by atoms with Crippen LogP contribution in [0.15, 0.2) is 0 Å². The van der Waals surface area contributed by atoms with Crippen LogP contribution in [0.3, 0.4) is 0 Å². The van der Waals surface area contributed by atoms with Crippen molar-refractivity contribution >= 4 is 11.9 Å². The standard InChI is InChI=1S/2C26H52O2/c1-4-5-6-7-8-9-10-11-12-13-14-15-16-17-20-23-26(27)28-24-21-18-19-22-25(2)3;1-3-5-7-9-11-12-13-14-15-16-17-18-19-20-22-24-26(27)28-25-23-21-10-8-6-4-2/h25H,4-24H2,1-3H3;3-25H2,1-2H3. The molecule has 0 atom stereocenters. The van der Waals surface area contributed by atoms with Gasteiger partial charge in [0.25, 0.3) is 0 Å². The van der Waals surface area contributed by atoms with Gasteiger partial charge in [0.1, 0.15) is 0 Å². The van der Waals surface area contributed by atoms with Gasteiger partial charge in [-0.3, -0.25) is 9.59 Å². The molecule has 4 heteroatoms. The molecule has 0 aliphatic heterocycles. The normalized spacial score (nSPS) is 11.2. The predicted molar refractivity (Wildman–Crippen MR) is 248 cm³/mol. The van der Waals surface area contributed by atoms with Crippen LogP contribution in [0.4, 0.5) is 0 Å². The fourth-order valence-electron chi connectivity index (χ4n) is 7.51. The summed E-state index contributed by atoms with van der Waals surface area (Å²) in [4.78, 5) is 23.4. The molecule has 0 amide bonds. The Bertz CT molecular complexity index is 734. The fraction of sp³-hybridized carbons (Fsp3) is 0.962. The minimum absolute atomic E-state index is 0.0125. The molecule has 0 aromatic heterocycles. The molecule has 0 saturated carbocycles. The molecule has 0 heterocycles. The monoisotopic (exact) mass is 793 g/mol. The average Bonchev–Trinajstić information content (AvgIpc) is 3.19. The van der Waals surface area contributed by atoms with E-state index in [1.807, 2.05) is 0 Å².